The number of nitrogens with zero attached hydrogens (tertiary/aromatic N) is 2. The van der Waals surface area contributed by atoms with Gasteiger partial charge in [-0.1, -0.05) is 6.07 Å². The maximum atomic E-state index is 15.8. The molecule has 1 heterocycles. The lowest BCUT2D eigenvalue weighted by molar-refractivity contribution is 0.228. The molecule has 2 aromatic carbocycles. The van der Waals surface area contributed by atoms with E-state index < -0.39 is 11.9 Å². The molecule has 0 radical (unpaired) electrons. The minimum atomic E-state index is -0.641. The molecule has 3 aromatic rings. The molecule has 34 heavy (non-hydrogen) atoms. The summed E-state index contributed by atoms with van der Waals surface area (Å²) in [5.41, 5.74) is 7.89. The number of amidine groups is 1. The number of nitrogen functional groups attached to an aromatic ring is 1. The predicted octanol–water partition coefficient (Wildman–Crippen LogP) is 4.96. The van der Waals surface area contributed by atoms with Crippen molar-refractivity contribution < 1.29 is 13.9 Å². The van der Waals surface area contributed by atoms with Crippen LogP contribution in [0.3, 0.4) is 0 Å². The zero-order valence-electron chi connectivity index (χ0n) is 20.2. The molecule has 0 aliphatic heterocycles. The fourth-order valence-corrected chi connectivity index (χ4v) is 3.47. The second-order valence-electron chi connectivity index (χ2n) is 8.31. The van der Waals surface area contributed by atoms with Crippen LogP contribution in [0, 0.1) is 11.2 Å². The number of aromatic nitrogens is 1. The molecular weight excluding hydrogens is 433 g/mol. The van der Waals surface area contributed by atoms with Gasteiger partial charge >= 0.3 is 0 Å². The predicted molar refractivity (Wildman–Crippen MR) is 135 cm³/mol. The lowest BCUT2D eigenvalue weighted by Gasteiger charge is -2.24. The van der Waals surface area contributed by atoms with Crippen molar-refractivity contribution in [2.24, 2.45) is 5.73 Å². The Morgan fingerprint density at radius 2 is 1.85 bits per heavy atom. The Kier molecular flexibility index (Phi) is 7.94. The van der Waals surface area contributed by atoms with E-state index in [0.29, 0.717) is 29.2 Å². The van der Waals surface area contributed by atoms with Gasteiger partial charge in [-0.15, -0.1) is 0 Å². The number of anilines is 2. The first kappa shape index (κ1) is 24.8. The first-order valence-corrected chi connectivity index (χ1v) is 11.2. The smallest absolute Gasteiger partial charge is 0.171 e. The van der Waals surface area contributed by atoms with E-state index in [0.717, 1.165) is 11.5 Å². The van der Waals surface area contributed by atoms with Gasteiger partial charge in [0, 0.05) is 37.0 Å². The van der Waals surface area contributed by atoms with Crippen LogP contribution in [0.5, 0.6) is 11.5 Å². The van der Waals surface area contributed by atoms with Crippen molar-refractivity contribution >= 4 is 17.3 Å². The topological polar surface area (TPSA) is 96.5 Å². The average Bonchev–Trinajstić information content (AvgIpc) is 2.80. The van der Waals surface area contributed by atoms with Crippen LogP contribution in [0.4, 0.5) is 15.9 Å². The number of ether oxygens (including phenoxy) is 2. The summed E-state index contributed by atoms with van der Waals surface area (Å²) in [5.74, 6) is 0.883. The highest BCUT2D eigenvalue weighted by Gasteiger charge is 2.25. The molecule has 0 aliphatic carbocycles. The van der Waals surface area contributed by atoms with Crippen molar-refractivity contribution in [3.05, 3.63) is 77.2 Å². The molecular formula is C26H32FN5O2. The molecule has 0 amide bonds. The van der Waals surface area contributed by atoms with Gasteiger partial charge in [0.1, 0.15) is 17.4 Å². The van der Waals surface area contributed by atoms with Crippen molar-refractivity contribution in [1.82, 2.24) is 4.98 Å². The van der Waals surface area contributed by atoms with E-state index in [2.05, 4.69) is 5.32 Å². The third-order valence-corrected chi connectivity index (χ3v) is 5.04. The lowest BCUT2D eigenvalue weighted by atomic mass is 10.0. The van der Waals surface area contributed by atoms with Crippen LogP contribution in [0.25, 0.3) is 0 Å². The quantitative estimate of drug-likeness (QED) is 0.289. The van der Waals surface area contributed by atoms with E-state index in [9.17, 15) is 0 Å². The minimum Gasteiger partial charge on any atom is -0.494 e. The summed E-state index contributed by atoms with van der Waals surface area (Å²) in [4.78, 5) is 6.65. The van der Waals surface area contributed by atoms with Gasteiger partial charge in [-0.05, 0) is 63.2 Å². The number of benzene rings is 2. The zero-order valence-corrected chi connectivity index (χ0v) is 20.2. The van der Waals surface area contributed by atoms with Crippen molar-refractivity contribution in [3.8, 4) is 11.5 Å². The fourth-order valence-electron chi connectivity index (χ4n) is 3.47. The number of rotatable bonds is 10. The van der Waals surface area contributed by atoms with E-state index in [1.54, 1.807) is 36.4 Å². The van der Waals surface area contributed by atoms with Gasteiger partial charge in [-0.25, -0.2) is 9.37 Å². The van der Waals surface area contributed by atoms with Crippen LogP contribution >= 0.6 is 0 Å². The molecule has 4 N–H and O–H groups in total. The molecule has 0 bridgehead atoms. The Hall–Kier alpha value is -3.81. The van der Waals surface area contributed by atoms with Gasteiger partial charge in [-0.3, -0.25) is 5.41 Å². The van der Waals surface area contributed by atoms with Crippen molar-refractivity contribution in [2.75, 3.05) is 30.9 Å². The molecule has 0 spiro atoms. The Labute approximate surface area is 200 Å². The van der Waals surface area contributed by atoms with Gasteiger partial charge in [0.15, 0.2) is 11.6 Å². The first-order valence-electron chi connectivity index (χ1n) is 11.2. The Balaban J connectivity index is 2.15. The normalized spacial score (nSPS) is 11.7. The SMILES string of the molecule is CCOc1cc(OC(C)C)c(F)c(C(Nc2ccc(C(=N)N)cc2)c2cccc(N(C)C)n2)c1. The second kappa shape index (κ2) is 10.9. The largest absolute Gasteiger partial charge is 0.494 e. The van der Waals surface area contributed by atoms with Crippen LogP contribution in [0.2, 0.25) is 0 Å². The zero-order chi connectivity index (χ0) is 24.8. The third kappa shape index (κ3) is 5.95. The highest BCUT2D eigenvalue weighted by Crippen LogP contribution is 2.36. The number of nitrogens with two attached hydrogens (primary N) is 1. The summed E-state index contributed by atoms with van der Waals surface area (Å²) in [6, 6.07) is 15.3. The van der Waals surface area contributed by atoms with E-state index in [4.69, 9.17) is 25.6 Å². The highest BCUT2D eigenvalue weighted by atomic mass is 19.1. The first-order chi connectivity index (χ1) is 16.2. The molecule has 8 heteroatoms. The van der Waals surface area contributed by atoms with Crippen LogP contribution in [0.1, 0.15) is 43.6 Å². The van der Waals surface area contributed by atoms with Gasteiger partial charge in [0.2, 0.25) is 0 Å². The molecule has 180 valence electrons. The Morgan fingerprint density at radius 3 is 2.44 bits per heavy atom. The van der Waals surface area contributed by atoms with Gasteiger partial charge in [0.05, 0.1) is 24.4 Å². The summed E-state index contributed by atoms with van der Waals surface area (Å²) < 4.78 is 27.3. The fraction of sp³-hybridized carbons (Fsp3) is 0.308. The standard InChI is InChI=1S/C26H32FN5O2/c1-6-33-19-14-20(24(27)22(15-19)34-16(2)3)25(21-8-7-9-23(31-21)32(4)5)30-18-12-10-17(11-13-18)26(28)29/h7-16,25,30H,6H2,1-5H3,(H3,28,29). The molecule has 0 saturated heterocycles. The molecule has 1 atom stereocenters. The minimum absolute atomic E-state index is 0.0191. The maximum absolute atomic E-state index is 15.8. The van der Waals surface area contributed by atoms with Crippen molar-refractivity contribution in [3.63, 3.8) is 0 Å². The number of nitrogens with one attached hydrogen (secondary N) is 2. The molecule has 1 aromatic heterocycles. The molecule has 7 nitrogen and oxygen atoms in total. The monoisotopic (exact) mass is 465 g/mol. The van der Waals surface area contributed by atoms with Crippen molar-refractivity contribution in [1.29, 1.82) is 5.41 Å². The van der Waals surface area contributed by atoms with Crippen LogP contribution in [0.15, 0.2) is 54.6 Å². The maximum Gasteiger partial charge on any atom is 0.171 e. The molecule has 1 unspecified atom stereocenters. The summed E-state index contributed by atoms with van der Waals surface area (Å²) >= 11 is 0. The summed E-state index contributed by atoms with van der Waals surface area (Å²) in [6.45, 7) is 6.01. The van der Waals surface area contributed by atoms with Crippen LogP contribution in [-0.2, 0) is 0 Å². The number of halogens is 1. The van der Waals surface area contributed by atoms with E-state index in [1.165, 1.54) is 0 Å². The Bertz CT molecular complexity index is 1130. The van der Waals surface area contributed by atoms with Gasteiger partial charge in [0.25, 0.3) is 0 Å². The Morgan fingerprint density at radius 1 is 1.15 bits per heavy atom. The third-order valence-electron chi connectivity index (χ3n) is 5.04. The average molecular weight is 466 g/mol. The summed E-state index contributed by atoms with van der Waals surface area (Å²) in [5, 5.41) is 11.0. The van der Waals surface area contributed by atoms with Crippen LogP contribution < -0.4 is 25.4 Å². The summed E-state index contributed by atoms with van der Waals surface area (Å²) in [6.07, 6.45) is -0.208. The van der Waals surface area contributed by atoms with Crippen molar-refractivity contribution in [2.45, 2.75) is 32.9 Å². The highest BCUT2D eigenvalue weighted by molar-refractivity contribution is 5.95. The number of hydrogen-bond acceptors (Lipinski definition) is 6. The van der Waals surface area contributed by atoms with Gasteiger partial charge < -0.3 is 25.4 Å². The van der Waals surface area contributed by atoms with E-state index in [1.807, 2.05) is 58.0 Å². The van der Waals surface area contributed by atoms with E-state index in [-0.39, 0.29) is 17.7 Å². The molecule has 0 fully saturated rings. The van der Waals surface area contributed by atoms with Crippen LogP contribution in [-0.4, -0.2) is 37.6 Å². The van der Waals surface area contributed by atoms with Gasteiger partial charge in [-0.2, -0.15) is 0 Å². The second-order valence-corrected chi connectivity index (χ2v) is 8.31. The lowest BCUT2D eigenvalue weighted by Crippen LogP contribution is -2.19. The van der Waals surface area contributed by atoms with E-state index >= 15 is 4.39 Å². The molecule has 0 saturated carbocycles. The molecule has 0 aliphatic rings. The summed E-state index contributed by atoms with van der Waals surface area (Å²) in [7, 11) is 3.81. The number of hydrogen-bond donors (Lipinski definition) is 3. The molecule has 3 rings (SSSR count). The number of pyridine rings is 1.